The summed E-state index contributed by atoms with van der Waals surface area (Å²) in [6.07, 6.45) is 0. The average molecular weight is 470 g/mol. The second-order valence-corrected chi connectivity index (χ2v) is 9.94. The second kappa shape index (κ2) is 8.87. The highest BCUT2D eigenvalue weighted by Gasteiger charge is 2.28. The molecule has 10 heteroatoms. The number of benzene rings is 2. The zero-order valence-electron chi connectivity index (χ0n) is 19.2. The molecule has 9 nitrogen and oxygen atoms in total. The lowest BCUT2D eigenvalue weighted by molar-refractivity contribution is 0.0827. The summed E-state index contributed by atoms with van der Waals surface area (Å²) >= 11 is -1.65. The first-order valence-corrected chi connectivity index (χ1v) is 11.6. The minimum Gasteiger partial charge on any atom is -0.548 e. The third-order valence-corrected chi connectivity index (χ3v) is 5.87. The molecule has 0 bridgehead atoms. The Balaban J connectivity index is 1.71. The van der Waals surface area contributed by atoms with Gasteiger partial charge in [-0.2, -0.15) is 0 Å². The van der Waals surface area contributed by atoms with E-state index in [-0.39, 0.29) is 24.2 Å². The van der Waals surface area contributed by atoms with Gasteiger partial charge in [-0.1, -0.05) is 32.9 Å². The highest BCUT2D eigenvalue weighted by atomic mass is 32.2. The van der Waals surface area contributed by atoms with E-state index in [0.717, 1.165) is 5.56 Å². The molecule has 0 fully saturated rings. The largest absolute Gasteiger partial charge is 0.548 e. The molecular weight excluding hydrogens is 442 g/mol. The first-order valence-electron chi connectivity index (χ1n) is 10.5. The van der Waals surface area contributed by atoms with E-state index >= 15 is 0 Å². The number of fused-ring (bicyclic) bond motifs is 1. The van der Waals surface area contributed by atoms with Gasteiger partial charge in [-0.15, -0.1) is 4.37 Å². The lowest BCUT2D eigenvalue weighted by Crippen LogP contribution is -2.22. The van der Waals surface area contributed by atoms with Crippen LogP contribution in [0.4, 0.5) is 11.5 Å². The van der Waals surface area contributed by atoms with Crippen molar-refractivity contribution in [2.24, 2.45) is 10.4 Å². The van der Waals surface area contributed by atoms with Crippen LogP contribution in [0.15, 0.2) is 47.5 Å². The zero-order valence-corrected chi connectivity index (χ0v) is 20.0. The van der Waals surface area contributed by atoms with Gasteiger partial charge in [-0.05, 0) is 41.3 Å². The quantitative estimate of drug-likeness (QED) is 0.546. The van der Waals surface area contributed by atoms with E-state index in [1.807, 2.05) is 24.3 Å². The van der Waals surface area contributed by atoms with E-state index in [9.17, 15) is 9.35 Å². The minimum atomic E-state index is -1.65. The molecular formula is C23H27N5O4S. The van der Waals surface area contributed by atoms with Crippen LogP contribution in [0, 0.1) is 5.41 Å². The normalized spacial score (nSPS) is 14.8. The third kappa shape index (κ3) is 5.01. The predicted octanol–water partition coefficient (Wildman–Crippen LogP) is 4.00. The molecule has 0 radical (unpaired) electrons. The van der Waals surface area contributed by atoms with Crippen molar-refractivity contribution < 1.29 is 18.8 Å². The van der Waals surface area contributed by atoms with Gasteiger partial charge in [-0.3, -0.25) is 9.79 Å². The Morgan fingerprint density at radius 2 is 1.97 bits per heavy atom. The molecule has 0 aliphatic carbocycles. The predicted molar refractivity (Wildman–Crippen MR) is 125 cm³/mol. The third-order valence-electron chi connectivity index (χ3n) is 5.15. The van der Waals surface area contributed by atoms with Gasteiger partial charge in [0.25, 0.3) is 5.91 Å². The van der Waals surface area contributed by atoms with Crippen LogP contribution in [0.5, 0.6) is 11.5 Å². The number of nitrogens with zero attached hydrogens (tertiary/aromatic N) is 3. The van der Waals surface area contributed by atoms with Crippen LogP contribution in [-0.4, -0.2) is 45.0 Å². The molecule has 33 heavy (non-hydrogen) atoms. The maximum Gasteiger partial charge on any atom is 0.253 e. The molecule has 2 atom stereocenters. The molecule has 4 rings (SSSR count). The Morgan fingerprint density at radius 1 is 1.21 bits per heavy atom. The first kappa shape index (κ1) is 22.8. The first-order chi connectivity index (χ1) is 15.6. The number of H-pyrrole nitrogens is 1. The van der Waals surface area contributed by atoms with E-state index < -0.39 is 11.1 Å². The van der Waals surface area contributed by atoms with Crippen LogP contribution in [0.25, 0.3) is 0 Å². The number of aromatic nitrogens is 2. The Hall–Kier alpha value is -3.37. The Kier molecular flexibility index (Phi) is 6.13. The number of hydrogen-bond acceptors (Lipinski definition) is 7. The second-order valence-electron chi connectivity index (χ2n) is 9.06. The number of aromatic amines is 1. The molecule has 1 aliphatic heterocycles. The molecule has 1 aliphatic rings. The summed E-state index contributed by atoms with van der Waals surface area (Å²) in [4.78, 5) is 18.7. The van der Waals surface area contributed by atoms with Crippen molar-refractivity contribution in [1.29, 1.82) is 0 Å². The van der Waals surface area contributed by atoms with Crippen molar-refractivity contribution in [3.8, 4) is 11.5 Å². The molecule has 2 N–H and O–H groups in total. The van der Waals surface area contributed by atoms with Gasteiger partial charge < -0.3 is 24.2 Å². The average Bonchev–Trinajstić information content (AvgIpc) is 3.36. The molecule has 0 spiro atoms. The van der Waals surface area contributed by atoms with Crippen LogP contribution in [0.2, 0.25) is 0 Å². The fraction of sp³-hybridized carbons (Fsp3) is 0.348. The fourth-order valence-electron chi connectivity index (χ4n) is 3.55. The summed E-state index contributed by atoms with van der Waals surface area (Å²) in [5.74, 6) is 1.62. The van der Waals surface area contributed by atoms with Crippen LogP contribution in [0.3, 0.4) is 0 Å². The van der Waals surface area contributed by atoms with Gasteiger partial charge in [0.05, 0.1) is 6.04 Å². The Morgan fingerprint density at radius 3 is 2.70 bits per heavy atom. The summed E-state index contributed by atoms with van der Waals surface area (Å²) in [5.41, 5.74) is 2.25. The highest BCUT2D eigenvalue weighted by molar-refractivity contribution is 7.13. The number of carbonyl (C=O) groups is 1. The van der Waals surface area contributed by atoms with Crippen LogP contribution in [-0.2, 0) is 0 Å². The van der Waals surface area contributed by atoms with E-state index in [1.165, 1.54) is 4.90 Å². The van der Waals surface area contributed by atoms with Crippen molar-refractivity contribution in [3.63, 3.8) is 0 Å². The van der Waals surface area contributed by atoms with Gasteiger partial charge in [-0.25, -0.2) is 0 Å². The van der Waals surface area contributed by atoms with E-state index in [0.29, 0.717) is 34.1 Å². The van der Waals surface area contributed by atoms with Crippen molar-refractivity contribution in [3.05, 3.63) is 59.1 Å². The van der Waals surface area contributed by atoms with E-state index in [4.69, 9.17) is 14.5 Å². The highest BCUT2D eigenvalue weighted by Crippen LogP contribution is 2.41. The van der Waals surface area contributed by atoms with Gasteiger partial charge >= 0.3 is 0 Å². The lowest BCUT2D eigenvalue weighted by atomic mass is 9.82. The SMILES string of the molecule is CN(C)C(=O)c1cccc(Nc2n[s+]([O-])[nH]c2=NC(c2ccc3c(c2)OCO3)C(C)(C)C)c1. The molecule has 2 heterocycles. The summed E-state index contributed by atoms with van der Waals surface area (Å²) in [7, 11) is 3.40. The van der Waals surface area contributed by atoms with Crippen molar-refractivity contribution >= 4 is 28.6 Å². The summed E-state index contributed by atoms with van der Waals surface area (Å²) < 4.78 is 30.2. The molecule has 174 valence electrons. The van der Waals surface area contributed by atoms with Gasteiger partial charge in [0.15, 0.2) is 22.6 Å². The lowest BCUT2D eigenvalue weighted by Gasteiger charge is -2.27. The standard InChI is InChI=1S/C23H27N5O4S/c1-23(2,3)19(14-9-10-17-18(12-14)32-13-31-17)25-21-20(26-33(30)27-21)24-16-8-6-7-15(11-16)22(29)28(4)5/h6-12,19H,13H2,1-5H3,(H,24,26)(H,25,27). The molecule has 2 aromatic carbocycles. The van der Waals surface area contributed by atoms with Crippen LogP contribution >= 0.6 is 11.1 Å². The Bertz CT molecular complexity index is 1240. The van der Waals surface area contributed by atoms with Gasteiger partial charge in [0, 0.05) is 29.7 Å². The van der Waals surface area contributed by atoms with Crippen molar-refractivity contribution in [2.45, 2.75) is 26.8 Å². The number of hydrogen-bond donors (Lipinski definition) is 2. The molecule has 0 saturated carbocycles. The summed E-state index contributed by atoms with van der Waals surface area (Å²) in [6.45, 7) is 6.44. The van der Waals surface area contributed by atoms with Crippen molar-refractivity contribution in [2.75, 3.05) is 26.2 Å². The van der Waals surface area contributed by atoms with Gasteiger partial charge in [0.1, 0.15) is 0 Å². The molecule has 1 aromatic heterocycles. The number of nitrogens with one attached hydrogen (secondary N) is 2. The molecule has 2 unspecified atom stereocenters. The summed E-state index contributed by atoms with van der Waals surface area (Å²) in [6, 6.07) is 12.5. The zero-order chi connectivity index (χ0) is 23.8. The molecule has 1 amide bonds. The number of ether oxygens (including phenoxy) is 2. The number of anilines is 2. The molecule has 0 saturated heterocycles. The molecule has 3 aromatic rings. The monoisotopic (exact) mass is 469 g/mol. The number of amides is 1. The topological polar surface area (TPSA) is 115 Å². The van der Waals surface area contributed by atoms with E-state index in [2.05, 4.69) is 34.8 Å². The van der Waals surface area contributed by atoms with Gasteiger partial charge in [0.2, 0.25) is 18.1 Å². The number of rotatable bonds is 5. The Labute approximate surface area is 195 Å². The maximum absolute atomic E-state index is 12.3. The van der Waals surface area contributed by atoms with Crippen LogP contribution in [0.1, 0.15) is 42.7 Å². The number of carbonyl (C=O) groups excluding carboxylic acids is 1. The maximum atomic E-state index is 12.3. The fourth-order valence-corrected chi connectivity index (χ4v) is 4.21. The minimum absolute atomic E-state index is 0.113. The van der Waals surface area contributed by atoms with Crippen molar-refractivity contribution in [1.82, 2.24) is 13.6 Å². The summed E-state index contributed by atoms with van der Waals surface area (Å²) in [5, 5.41) is 3.15. The van der Waals surface area contributed by atoms with Crippen LogP contribution < -0.4 is 20.3 Å². The van der Waals surface area contributed by atoms with E-state index in [1.54, 1.807) is 32.3 Å². The smallest absolute Gasteiger partial charge is 0.253 e.